The molecule has 162 valence electrons. The predicted octanol–water partition coefficient (Wildman–Crippen LogP) is 3.58. The monoisotopic (exact) mass is 419 g/mol. The van der Waals surface area contributed by atoms with Gasteiger partial charge in [0.2, 0.25) is 5.91 Å². The largest absolute Gasteiger partial charge is 0.342 e. The Morgan fingerprint density at radius 3 is 2.69 bits per heavy atom. The van der Waals surface area contributed by atoms with Crippen LogP contribution in [0.1, 0.15) is 64.9 Å². The minimum absolute atomic E-state index is 0.0632. The first-order valence-electron chi connectivity index (χ1n) is 11.1. The summed E-state index contributed by atoms with van der Waals surface area (Å²) in [6.45, 7) is 8.03. The highest BCUT2D eigenvalue weighted by molar-refractivity contribution is 7.08. The lowest BCUT2D eigenvalue weighted by atomic mass is 9.73. The van der Waals surface area contributed by atoms with Crippen LogP contribution in [0.3, 0.4) is 0 Å². The maximum Gasteiger partial charge on any atom is 0.227 e. The predicted molar refractivity (Wildman–Crippen MR) is 119 cm³/mol. The molecular weight excluding hydrogens is 382 g/mol. The van der Waals surface area contributed by atoms with E-state index in [1.54, 1.807) is 11.3 Å². The van der Waals surface area contributed by atoms with Crippen LogP contribution in [0.4, 0.5) is 0 Å². The van der Waals surface area contributed by atoms with Crippen LogP contribution in [0.2, 0.25) is 0 Å². The maximum absolute atomic E-state index is 13.1. The van der Waals surface area contributed by atoms with E-state index < -0.39 is 5.54 Å². The molecule has 3 N–H and O–H groups in total. The lowest BCUT2D eigenvalue weighted by molar-refractivity contribution is -0.133. The molecule has 0 aromatic carbocycles. The fraction of sp³-hybridized carbons (Fsp3) is 0.739. The van der Waals surface area contributed by atoms with Gasteiger partial charge in [0.15, 0.2) is 5.78 Å². The average molecular weight is 420 g/mol. The number of nitrogens with zero attached hydrogens (tertiary/aromatic N) is 1. The number of carbonyl (C=O) groups is 2. The standard InChI is InChI=1S/C23H37N3O2S/c1-16(2)14-23(3)22(28)19(13-20(24)25-23)5-4-17-6-9-26(10-7-17)21(27)12-18-8-11-29-15-18/h8,11,15-17,19-20,25H,4-7,9-10,12-14,24H2,1-3H3. The van der Waals surface area contributed by atoms with Gasteiger partial charge in [-0.05, 0) is 79.7 Å². The SMILES string of the molecule is CC(C)CC1(C)NC(N)CC(CCC2CCN(C(=O)Cc3ccsc3)CC2)C1=O. The van der Waals surface area contributed by atoms with Crippen LogP contribution in [-0.4, -0.2) is 41.4 Å². The van der Waals surface area contributed by atoms with E-state index in [2.05, 4.69) is 24.5 Å². The molecule has 0 spiro atoms. The zero-order valence-corrected chi connectivity index (χ0v) is 19.0. The number of piperidine rings is 2. The summed E-state index contributed by atoms with van der Waals surface area (Å²) < 4.78 is 0. The molecule has 1 aromatic rings. The topological polar surface area (TPSA) is 75.4 Å². The fourth-order valence-electron chi connectivity index (χ4n) is 5.22. The van der Waals surface area contributed by atoms with Crippen LogP contribution in [0.5, 0.6) is 0 Å². The molecule has 3 unspecified atom stereocenters. The van der Waals surface area contributed by atoms with Crippen molar-refractivity contribution in [2.75, 3.05) is 13.1 Å². The number of nitrogens with one attached hydrogen (secondary N) is 1. The van der Waals surface area contributed by atoms with E-state index >= 15 is 0 Å². The Hall–Kier alpha value is -1.24. The Labute approximate surface area is 179 Å². The van der Waals surface area contributed by atoms with Crippen molar-refractivity contribution in [1.29, 1.82) is 0 Å². The van der Waals surface area contributed by atoms with Gasteiger partial charge in [-0.15, -0.1) is 0 Å². The molecule has 1 aromatic heterocycles. The highest BCUT2D eigenvalue weighted by Gasteiger charge is 2.43. The molecule has 0 radical (unpaired) electrons. The zero-order chi connectivity index (χ0) is 21.0. The summed E-state index contributed by atoms with van der Waals surface area (Å²) in [7, 11) is 0. The summed E-state index contributed by atoms with van der Waals surface area (Å²) in [6.07, 6.45) is 6.07. The Balaban J connectivity index is 1.46. The third-order valence-electron chi connectivity index (χ3n) is 6.60. The van der Waals surface area contributed by atoms with Crippen molar-refractivity contribution >= 4 is 23.0 Å². The third-order valence-corrected chi connectivity index (χ3v) is 7.33. The second kappa shape index (κ2) is 9.71. The van der Waals surface area contributed by atoms with E-state index in [4.69, 9.17) is 5.73 Å². The van der Waals surface area contributed by atoms with Gasteiger partial charge in [0.05, 0.1) is 18.1 Å². The smallest absolute Gasteiger partial charge is 0.227 e. The number of likely N-dealkylation sites (tertiary alicyclic amines) is 1. The van der Waals surface area contributed by atoms with E-state index in [0.717, 1.165) is 57.2 Å². The summed E-state index contributed by atoms with van der Waals surface area (Å²) in [5.41, 5.74) is 6.87. The van der Waals surface area contributed by atoms with Crippen molar-refractivity contribution in [2.24, 2.45) is 23.5 Å². The van der Waals surface area contributed by atoms with Crippen LogP contribution >= 0.6 is 11.3 Å². The molecule has 0 aliphatic carbocycles. The second-order valence-electron chi connectivity index (χ2n) is 9.69. The lowest BCUT2D eigenvalue weighted by Crippen LogP contribution is -2.63. The van der Waals surface area contributed by atoms with E-state index in [1.807, 2.05) is 23.3 Å². The van der Waals surface area contributed by atoms with Crippen molar-refractivity contribution < 1.29 is 9.59 Å². The Morgan fingerprint density at radius 1 is 1.34 bits per heavy atom. The molecule has 0 saturated carbocycles. The number of nitrogens with two attached hydrogens (primary N) is 1. The van der Waals surface area contributed by atoms with Crippen molar-refractivity contribution in [3.05, 3.63) is 22.4 Å². The van der Waals surface area contributed by atoms with Gasteiger partial charge in [0.25, 0.3) is 0 Å². The maximum atomic E-state index is 13.1. The number of hydrogen-bond donors (Lipinski definition) is 2. The summed E-state index contributed by atoms with van der Waals surface area (Å²) in [5, 5.41) is 7.44. The van der Waals surface area contributed by atoms with E-state index in [-0.39, 0.29) is 18.0 Å². The average Bonchev–Trinajstić information content (AvgIpc) is 3.16. The summed E-state index contributed by atoms with van der Waals surface area (Å²) in [4.78, 5) is 27.6. The first kappa shape index (κ1) is 22.4. The van der Waals surface area contributed by atoms with E-state index in [9.17, 15) is 9.59 Å². The first-order chi connectivity index (χ1) is 13.8. The van der Waals surface area contributed by atoms with Crippen LogP contribution in [0, 0.1) is 17.8 Å². The van der Waals surface area contributed by atoms with Gasteiger partial charge in [-0.1, -0.05) is 13.8 Å². The molecule has 2 fully saturated rings. The number of Topliss-reactive ketones (excluding diaryl/α,β-unsaturated/α-hetero) is 1. The molecule has 1 amide bonds. The van der Waals surface area contributed by atoms with Gasteiger partial charge in [-0.2, -0.15) is 11.3 Å². The van der Waals surface area contributed by atoms with Gasteiger partial charge < -0.3 is 10.6 Å². The number of thiophene rings is 1. The number of amides is 1. The van der Waals surface area contributed by atoms with E-state index in [0.29, 0.717) is 24.0 Å². The van der Waals surface area contributed by atoms with Gasteiger partial charge in [0.1, 0.15) is 0 Å². The Morgan fingerprint density at radius 2 is 2.07 bits per heavy atom. The van der Waals surface area contributed by atoms with Crippen molar-refractivity contribution in [3.8, 4) is 0 Å². The summed E-state index contributed by atoms with van der Waals surface area (Å²) in [5.74, 6) is 1.71. The van der Waals surface area contributed by atoms with Crippen molar-refractivity contribution in [1.82, 2.24) is 10.2 Å². The molecule has 3 atom stereocenters. The number of ketones is 1. The van der Waals surface area contributed by atoms with Gasteiger partial charge >= 0.3 is 0 Å². The number of hydrogen-bond acceptors (Lipinski definition) is 5. The Bertz CT molecular complexity index is 678. The first-order valence-corrected chi connectivity index (χ1v) is 12.1. The lowest BCUT2D eigenvalue weighted by Gasteiger charge is -2.42. The third kappa shape index (κ3) is 5.89. The van der Waals surface area contributed by atoms with Gasteiger partial charge in [0, 0.05) is 19.0 Å². The second-order valence-corrected chi connectivity index (χ2v) is 10.5. The quantitative estimate of drug-likeness (QED) is 0.708. The van der Waals surface area contributed by atoms with E-state index in [1.165, 1.54) is 0 Å². The van der Waals surface area contributed by atoms with Gasteiger partial charge in [-0.25, -0.2) is 0 Å². The fourth-order valence-corrected chi connectivity index (χ4v) is 5.88. The Kier molecular flexibility index (Phi) is 7.52. The molecule has 2 saturated heterocycles. The molecule has 3 rings (SSSR count). The molecule has 29 heavy (non-hydrogen) atoms. The molecule has 2 aliphatic rings. The molecule has 3 heterocycles. The normalized spacial score (nSPS) is 28.9. The molecule has 0 bridgehead atoms. The molecule has 5 nitrogen and oxygen atoms in total. The van der Waals surface area contributed by atoms with Crippen molar-refractivity contribution in [3.63, 3.8) is 0 Å². The number of carbonyl (C=O) groups excluding carboxylic acids is 2. The molecule has 6 heteroatoms. The highest BCUT2D eigenvalue weighted by Crippen LogP contribution is 2.33. The highest BCUT2D eigenvalue weighted by atomic mass is 32.1. The minimum atomic E-state index is -0.492. The zero-order valence-electron chi connectivity index (χ0n) is 18.2. The molecular formula is C23H37N3O2S. The molecule has 2 aliphatic heterocycles. The van der Waals surface area contributed by atoms with Crippen LogP contribution in [0.25, 0.3) is 0 Å². The summed E-state index contributed by atoms with van der Waals surface area (Å²) >= 11 is 1.64. The summed E-state index contributed by atoms with van der Waals surface area (Å²) in [6, 6.07) is 2.03. The van der Waals surface area contributed by atoms with Crippen LogP contribution in [-0.2, 0) is 16.0 Å². The van der Waals surface area contributed by atoms with Gasteiger partial charge in [-0.3, -0.25) is 14.9 Å². The van der Waals surface area contributed by atoms with Crippen LogP contribution in [0.15, 0.2) is 16.8 Å². The number of rotatable bonds is 7. The van der Waals surface area contributed by atoms with Crippen molar-refractivity contribution in [2.45, 2.75) is 77.4 Å². The minimum Gasteiger partial charge on any atom is -0.342 e. The van der Waals surface area contributed by atoms with Crippen LogP contribution < -0.4 is 11.1 Å².